The minimum absolute atomic E-state index is 0.0105. The molecule has 2 aromatic heterocycles. The summed E-state index contributed by atoms with van der Waals surface area (Å²) in [6.45, 7) is 1.88. The van der Waals surface area contributed by atoms with Crippen LogP contribution < -0.4 is 19.7 Å². The van der Waals surface area contributed by atoms with E-state index < -0.39 is 6.04 Å². The summed E-state index contributed by atoms with van der Waals surface area (Å²) in [7, 11) is 3.09. The maximum Gasteiger partial charge on any atom is 0.289 e. The van der Waals surface area contributed by atoms with Crippen molar-refractivity contribution in [1.29, 1.82) is 0 Å². The molecule has 1 atom stereocenters. The van der Waals surface area contributed by atoms with E-state index >= 15 is 0 Å². The number of carbonyl (C=O) groups is 3. The third-order valence-corrected chi connectivity index (χ3v) is 9.63. The lowest BCUT2D eigenvalue weighted by atomic mass is 10.1. The van der Waals surface area contributed by atoms with Gasteiger partial charge in [-0.3, -0.25) is 14.4 Å². The van der Waals surface area contributed by atoms with E-state index in [-0.39, 0.29) is 24.0 Å². The fourth-order valence-corrected chi connectivity index (χ4v) is 7.15. The van der Waals surface area contributed by atoms with E-state index in [1.165, 1.54) is 13.4 Å². The number of Topliss-reactive ketones (excluding diaryl/α,β-unsaturated/α-hetero) is 1. The standard InChI is InChI=1S/C33H34N6O6S2/c1-43-27-17-22-23(18-28(27)44-2)34-33(38-14-12-37(13-15-38)32(42)26-9-6-16-45-26)36-30(22)35-31(41)24-19-47-20-39(24)29(46)11-10-25(40)21-7-4-3-5-8-21/h3-9,16-18,24H,10-15,19-20H2,1-2H3,(H,34,35,36,41). The van der Waals surface area contributed by atoms with E-state index in [1.807, 2.05) is 28.0 Å². The zero-order chi connectivity index (χ0) is 32.9. The number of thiocarbonyl (C=S) groups is 1. The maximum absolute atomic E-state index is 13.9. The van der Waals surface area contributed by atoms with Crippen molar-refractivity contribution in [2.45, 2.75) is 18.9 Å². The van der Waals surface area contributed by atoms with Crippen molar-refractivity contribution in [2.24, 2.45) is 0 Å². The SMILES string of the molecule is COc1cc2nc(N3CCN(C(=O)c4ccco4)CC3)nc(NC(=O)C3CSCN3C(=S)CCC(=O)c3ccccc3)c2cc1OC. The molecular formula is C33H34N6O6S2. The third kappa shape index (κ3) is 7.03. The highest BCUT2D eigenvalue weighted by molar-refractivity contribution is 7.99. The molecule has 0 aliphatic carbocycles. The molecule has 1 N–H and O–H groups in total. The number of thioether (sulfide) groups is 1. The molecule has 2 aliphatic heterocycles. The van der Waals surface area contributed by atoms with E-state index in [4.69, 9.17) is 36.1 Å². The summed E-state index contributed by atoms with van der Waals surface area (Å²) in [6.07, 6.45) is 2.12. The number of anilines is 2. The minimum Gasteiger partial charge on any atom is -0.493 e. The van der Waals surface area contributed by atoms with Crippen molar-refractivity contribution in [3.8, 4) is 11.5 Å². The van der Waals surface area contributed by atoms with E-state index in [0.29, 0.717) is 94.7 Å². The molecule has 12 nitrogen and oxygen atoms in total. The number of ether oxygens (including phenoxy) is 2. The summed E-state index contributed by atoms with van der Waals surface area (Å²) in [5, 5.41) is 3.63. The van der Waals surface area contributed by atoms with Gasteiger partial charge >= 0.3 is 0 Å². The number of amides is 2. The van der Waals surface area contributed by atoms with Gasteiger partial charge in [-0.15, -0.1) is 11.8 Å². The molecule has 244 valence electrons. The Bertz CT molecular complexity index is 1780. The molecule has 0 radical (unpaired) electrons. The Morgan fingerprint density at radius 3 is 2.43 bits per heavy atom. The summed E-state index contributed by atoms with van der Waals surface area (Å²) in [5.41, 5.74) is 1.20. The second kappa shape index (κ2) is 14.4. The van der Waals surface area contributed by atoms with Gasteiger partial charge in [0.2, 0.25) is 11.9 Å². The van der Waals surface area contributed by atoms with Crippen LogP contribution in [0.25, 0.3) is 10.9 Å². The lowest BCUT2D eigenvalue weighted by Crippen LogP contribution is -2.49. The molecule has 14 heteroatoms. The fraction of sp³-hybridized carbons (Fsp3) is 0.333. The van der Waals surface area contributed by atoms with Crippen LogP contribution in [0.2, 0.25) is 0 Å². The van der Waals surface area contributed by atoms with E-state index in [1.54, 1.807) is 60.2 Å². The number of ketones is 1. The third-order valence-electron chi connectivity index (χ3n) is 8.18. The molecule has 0 spiro atoms. The Morgan fingerprint density at radius 2 is 1.72 bits per heavy atom. The number of hydrogen-bond acceptors (Lipinski definition) is 11. The highest BCUT2D eigenvalue weighted by Crippen LogP contribution is 2.36. The largest absolute Gasteiger partial charge is 0.493 e. The molecule has 1 unspecified atom stereocenters. The summed E-state index contributed by atoms with van der Waals surface area (Å²) >= 11 is 7.33. The monoisotopic (exact) mass is 674 g/mol. The second-order valence-corrected chi connectivity index (χ2v) is 12.5. The molecule has 4 aromatic rings. The minimum atomic E-state index is -0.538. The molecule has 2 amide bonds. The molecule has 47 heavy (non-hydrogen) atoms. The number of hydrogen-bond donors (Lipinski definition) is 1. The van der Waals surface area contributed by atoms with Gasteiger partial charge in [0.05, 0.1) is 36.9 Å². The molecule has 4 heterocycles. The Labute approximate surface area is 281 Å². The first-order chi connectivity index (χ1) is 22.9. The van der Waals surface area contributed by atoms with Crippen molar-refractivity contribution in [3.63, 3.8) is 0 Å². The van der Waals surface area contributed by atoms with Crippen molar-refractivity contribution in [3.05, 3.63) is 72.2 Å². The van der Waals surface area contributed by atoms with Gasteiger partial charge in [0.15, 0.2) is 23.0 Å². The van der Waals surface area contributed by atoms with Crippen LogP contribution in [0, 0.1) is 0 Å². The molecule has 2 saturated heterocycles. The van der Waals surface area contributed by atoms with Gasteiger partial charge in [-0.25, -0.2) is 4.98 Å². The van der Waals surface area contributed by atoms with Crippen LogP contribution in [0.3, 0.4) is 0 Å². The number of piperazine rings is 1. The predicted molar refractivity (Wildman–Crippen MR) is 184 cm³/mol. The summed E-state index contributed by atoms with van der Waals surface area (Å²) in [4.78, 5) is 55.1. The van der Waals surface area contributed by atoms with Crippen molar-refractivity contribution in [2.75, 3.05) is 62.2 Å². The lowest BCUT2D eigenvalue weighted by Gasteiger charge is -2.34. The summed E-state index contributed by atoms with van der Waals surface area (Å²) < 4.78 is 16.4. The van der Waals surface area contributed by atoms with Gasteiger partial charge in [-0.1, -0.05) is 42.5 Å². The molecule has 6 rings (SSSR count). The van der Waals surface area contributed by atoms with Crippen LogP contribution in [-0.4, -0.2) is 100 Å². The van der Waals surface area contributed by atoms with Gasteiger partial charge in [0.25, 0.3) is 5.91 Å². The normalized spacial score (nSPS) is 16.3. The first kappa shape index (κ1) is 32.3. The number of benzene rings is 2. The predicted octanol–water partition coefficient (Wildman–Crippen LogP) is 4.51. The van der Waals surface area contributed by atoms with Crippen LogP contribution >= 0.6 is 24.0 Å². The van der Waals surface area contributed by atoms with Crippen molar-refractivity contribution in [1.82, 2.24) is 19.8 Å². The van der Waals surface area contributed by atoms with Crippen LogP contribution in [0.4, 0.5) is 11.8 Å². The highest BCUT2D eigenvalue weighted by Gasteiger charge is 2.34. The number of nitrogens with zero attached hydrogens (tertiary/aromatic N) is 5. The first-order valence-electron chi connectivity index (χ1n) is 15.1. The van der Waals surface area contributed by atoms with Gasteiger partial charge < -0.3 is 33.9 Å². The first-order valence-corrected chi connectivity index (χ1v) is 16.7. The molecule has 2 aromatic carbocycles. The van der Waals surface area contributed by atoms with Crippen LogP contribution in [0.1, 0.15) is 33.8 Å². The number of carbonyl (C=O) groups excluding carboxylic acids is 3. The number of fused-ring (bicyclic) bond motifs is 1. The molecule has 2 aliphatic rings. The fourth-order valence-electron chi connectivity index (χ4n) is 5.58. The number of rotatable bonds is 10. The van der Waals surface area contributed by atoms with Gasteiger partial charge in [-0.05, 0) is 18.2 Å². The average Bonchev–Trinajstić information content (AvgIpc) is 3.84. The summed E-state index contributed by atoms with van der Waals surface area (Å²) in [6, 6.07) is 15.4. The Morgan fingerprint density at radius 1 is 0.979 bits per heavy atom. The highest BCUT2D eigenvalue weighted by atomic mass is 32.2. The van der Waals surface area contributed by atoms with Gasteiger partial charge in [0.1, 0.15) is 11.9 Å². The maximum atomic E-state index is 13.9. The molecule has 2 fully saturated rings. The van der Waals surface area contributed by atoms with E-state index in [0.717, 1.165) is 0 Å². The molecule has 0 bridgehead atoms. The smallest absolute Gasteiger partial charge is 0.289 e. The number of furan rings is 1. The quantitative estimate of drug-likeness (QED) is 0.188. The lowest BCUT2D eigenvalue weighted by molar-refractivity contribution is -0.118. The topological polar surface area (TPSA) is 130 Å². The van der Waals surface area contributed by atoms with E-state index in [9.17, 15) is 14.4 Å². The van der Waals surface area contributed by atoms with Crippen LogP contribution in [0.5, 0.6) is 11.5 Å². The molecule has 0 saturated carbocycles. The average molecular weight is 675 g/mol. The Balaban J connectivity index is 1.21. The zero-order valence-electron chi connectivity index (χ0n) is 26.0. The van der Waals surface area contributed by atoms with Crippen molar-refractivity contribution < 1.29 is 28.3 Å². The number of nitrogens with one attached hydrogen (secondary N) is 1. The van der Waals surface area contributed by atoms with E-state index in [2.05, 4.69) is 5.32 Å². The van der Waals surface area contributed by atoms with Crippen molar-refractivity contribution >= 4 is 69.2 Å². The summed E-state index contributed by atoms with van der Waals surface area (Å²) in [5.74, 6) is 2.68. The Kier molecular flexibility index (Phi) is 9.87. The second-order valence-electron chi connectivity index (χ2n) is 11.0. The van der Waals surface area contributed by atoms with Gasteiger partial charge in [-0.2, -0.15) is 4.98 Å². The van der Waals surface area contributed by atoms with Crippen LogP contribution in [0.15, 0.2) is 65.3 Å². The Hall–Kier alpha value is -4.69. The zero-order valence-corrected chi connectivity index (χ0v) is 27.6. The molecular weight excluding hydrogens is 641 g/mol. The van der Waals surface area contributed by atoms with Gasteiger partial charge in [0, 0.05) is 61.8 Å². The van der Waals surface area contributed by atoms with Crippen LogP contribution in [-0.2, 0) is 4.79 Å². The number of aromatic nitrogens is 2. The number of methoxy groups -OCH3 is 2.